The predicted molar refractivity (Wildman–Crippen MR) is 46.1 cm³/mol. The van der Waals surface area contributed by atoms with Crippen LogP contribution in [0.5, 0.6) is 0 Å². The summed E-state index contributed by atoms with van der Waals surface area (Å²) in [5.74, 6) is 0.927. The molecule has 0 bridgehead atoms. The van der Waals surface area contributed by atoms with E-state index in [1.54, 1.807) is 6.33 Å². The van der Waals surface area contributed by atoms with Gasteiger partial charge in [0, 0.05) is 6.92 Å². The number of nitrogens with zero attached hydrogens (tertiary/aromatic N) is 3. The highest BCUT2D eigenvalue weighted by Crippen LogP contribution is 2.08. The van der Waals surface area contributed by atoms with Crippen LogP contribution in [0.4, 0.5) is 0 Å². The molecule has 6 heteroatoms. The number of nitrogens with one attached hydrogen (secondary N) is 2. The van der Waals surface area contributed by atoms with E-state index in [1.807, 2.05) is 23.7 Å². The molecule has 72 valence electrons. The van der Waals surface area contributed by atoms with Crippen LogP contribution in [0, 0.1) is 6.92 Å². The highest BCUT2D eigenvalue weighted by atomic mass is 35.5. The summed E-state index contributed by atoms with van der Waals surface area (Å²) in [5.41, 5.74) is 2.69. The van der Waals surface area contributed by atoms with Gasteiger partial charge in [0.05, 0.1) is 12.5 Å². The second kappa shape index (κ2) is 2.95. The van der Waals surface area contributed by atoms with Crippen molar-refractivity contribution in [1.29, 1.82) is 0 Å². The third-order valence-electron chi connectivity index (χ3n) is 2.16. The van der Waals surface area contributed by atoms with E-state index in [2.05, 4.69) is 19.9 Å². The van der Waals surface area contributed by atoms with Crippen molar-refractivity contribution < 1.29 is 16.8 Å². The van der Waals surface area contributed by atoms with Crippen molar-refractivity contribution in [2.45, 2.75) is 6.92 Å². The number of hydrogen-bond acceptors (Lipinski definition) is 2. The second-order valence-corrected chi connectivity index (χ2v) is 2.94. The summed E-state index contributed by atoms with van der Waals surface area (Å²) >= 11 is 0. The molecule has 0 radical (unpaired) electrons. The molecule has 0 atom stereocenters. The Bertz CT molecular complexity index is 581. The van der Waals surface area contributed by atoms with E-state index in [0.717, 1.165) is 22.6 Å². The highest BCUT2D eigenvalue weighted by molar-refractivity contribution is 5.81. The number of aromatic nitrogens is 5. The maximum absolute atomic E-state index is 4.34. The fourth-order valence-electron chi connectivity index (χ4n) is 1.55. The van der Waals surface area contributed by atoms with Crippen LogP contribution in [0.2, 0.25) is 0 Å². The van der Waals surface area contributed by atoms with Gasteiger partial charge in [-0.15, -0.1) is 0 Å². The van der Waals surface area contributed by atoms with Gasteiger partial charge in [0.2, 0.25) is 5.82 Å². The van der Waals surface area contributed by atoms with Crippen LogP contribution in [-0.4, -0.2) is 19.9 Å². The number of rotatable bonds is 0. The van der Waals surface area contributed by atoms with Crippen LogP contribution in [0.3, 0.4) is 0 Å². The van der Waals surface area contributed by atoms with E-state index in [9.17, 15) is 0 Å². The Labute approximate surface area is 85.6 Å². The van der Waals surface area contributed by atoms with Crippen molar-refractivity contribution in [2.24, 2.45) is 0 Å². The molecule has 2 N–H and O–H groups in total. The summed E-state index contributed by atoms with van der Waals surface area (Å²) in [5, 5.41) is 0. The Morgan fingerprint density at radius 1 is 1.36 bits per heavy atom. The molecule has 0 saturated heterocycles. The van der Waals surface area contributed by atoms with Crippen LogP contribution in [-0.2, 0) is 0 Å². The van der Waals surface area contributed by atoms with Gasteiger partial charge < -0.3 is 17.4 Å². The Kier molecular flexibility index (Phi) is 1.89. The fourth-order valence-corrected chi connectivity index (χ4v) is 1.55. The SMILES string of the molecule is Cc1nc2nc[nH]c2c2[nH]cc[n+]12.[Cl-]. The second-order valence-electron chi connectivity index (χ2n) is 2.94. The highest BCUT2D eigenvalue weighted by Gasteiger charge is 2.13. The molecule has 3 aromatic heterocycles. The molecule has 0 spiro atoms. The van der Waals surface area contributed by atoms with Crippen molar-refractivity contribution in [3.05, 3.63) is 24.5 Å². The minimum absolute atomic E-state index is 0. The quantitative estimate of drug-likeness (QED) is 0.397. The molecule has 0 aliphatic carbocycles. The van der Waals surface area contributed by atoms with Gasteiger partial charge in [-0.2, -0.15) is 0 Å². The summed E-state index contributed by atoms with van der Waals surface area (Å²) in [4.78, 5) is 14.6. The first-order valence-electron chi connectivity index (χ1n) is 4.05. The van der Waals surface area contributed by atoms with Crippen molar-refractivity contribution in [2.75, 3.05) is 0 Å². The minimum atomic E-state index is 0. The van der Waals surface area contributed by atoms with Crippen LogP contribution >= 0.6 is 0 Å². The van der Waals surface area contributed by atoms with Gasteiger partial charge >= 0.3 is 0 Å². The number of aryl methyl sites for hydroxylation is 1. The average molecular weight is 210 g/mol. The normalized spacial score (nSPS) is 10.6. The van der Waals surface area contributed by atoms with Gasteiger partial charge in [-0.3, -0.25) is 4.98 Å². The molecular weight excluding hydrogens is 202 g/mol. The van der Waals surface area contributed by atoms with Crippen LogP contribution in [0.25, 0.3) is 16.8 Å². The van der Waals surface area contributed by atoms with Gasteiger partial charge in [0.25, 0.3) is 11.3 Å². The summed E-state index contributed by atoms with van der Waals surface area (Å²) in [7, 11) is 0. The lowest BCUT2D eigenvalue weighted by molar-refractivity contribution is -0.520. The van der Waals surface area contributed by atoms with Crippen molar-refractivity contribution in [3.8, 4) is 0 Å². The molecule has 0 amide bonds. The Morgan fingerprint density at radius 2 is 2.21 bits per heavy atom. The maximum Gasteiger partial charge on any atom is 0.260 e. The third kappa shape index (κ3) is 0.990. The molecule has 0 aliphatic rings. The van der Waals surface area contributed by atoms with Crippen LogP contribution in [0.15, 0.2) is 18.7 Å². The monoisotopic (exact) mass is 209 g/mol. The van der Waals surface area contributed by atoms with Gasteiger partial charge in [-0.1, -0.05) is 4.98 Å². The maximum atomic E-state index is 4.34. The largest absolute Gasteiger partial charge is 1.00 e. The molecule has 5 nitrogen and oxygen atoms in total. The molecule has 0 unspecified atom stereocenters. The van der Waals surface area contributed by atoms with Crippen molar-refractivity contribution >= 4 is 16.8 Å². The van der Waals surface area contributed by atoms with Gasteiger partial charge in [-0.05, 0) is 0 Å². The zero-order chi connectivity index (χ0) is 8.84. The Hall–Kier alpha value is -1.62. The lowest BCUT2D eigenvalue weighted by Gasteiger charge is -1.89. The van der Waals surface area contributed by atoms with E-state index in [1.165, 1.54) is 0 Å². The number of hydrogen-bond donors (Lipinski definition) is 2. The molecule has 3 heterocycles. The smallest absolute Gasteiger partial charge is 0.260 e. The summed E-state index contributed by atoms with van der Waals surface area (Å²) in [6, 6.07) is 0. The summed E-state index contributed by atoms with van der Waals surface area (Å²) in [6.07, 6.45) is 5.47. The first-order valence-corrected chi connectivity index (χ1v) is 4.05. The molecule has 0 aliphatic heterocycles. The third-order valence-corrected chi connectivity index (χ3v) is 2.16. The van der Waals surface area contributed by atoms with Crippen molar-refractivity contribution in [3.63, 3.8) is 0 Å². The van der Waals surface area contributed by atoms with Crippen LogP contribution in [0.1, 0.15) is 5.82 Å². The number of imidazole rings is 2. The standard InChI is InChI=1S/C8H7N5.ClH/c1-5-12-7-6(10-4-11-7)8-9-2-3-13(5)8;/h2-4H,1H3,(H,9,10,11);1H. The number of H-pyrrole nitrogens is 2. The van der Waals surface area contributed by atoms with E-state index in [4.69, 9.17) is 0 Å². The zero-order valence-electron chi connectivity index (χ0n) is 7.45. The van der Waals surface area contributed by atoms with E-state index in [0.29, 0.717) is 0 Å². The summed E-state index contributed by atoms with van der Waals surface area (Å²) in [6.45, 7) is 1.95. The molecule has 0 aromatic carbocycles. The van der Waals surface area contributed by atoms with E-state index >= 15 is 0 Å². The minimum Gasteiger partial charge on any atom is -1.00 e. The molecule has 3 rings (SSSR count). The van der Waals surface area contributed by atoms with E-state index < -0.39 is 0 Å². The molecule has 14 heavy (non-hydrogen) atoms. The first-order chi connectivity index (χ1) is 6.36. The van der Waals surface area contributed by atoms with Crippen LogP contribution < -0.4 is 16.8 Å². The summed E-state index contributed by atoms with van der Waals surface area (Å²) < 4.78 is 1.99. The Balaban J connectivity index is 0.000000750. The first kappa shape index (κ1) is 8.96. The molecule has 0 saturated carbocycles. The number of aromatic amines is 2. The van der Waals surface area contributed by atoms with E-state index in [-0.39, 0.29) is 12.4 Å². The number of halogens is 1. The molecule has 0 fully saturated rings. The lowest BCUT2D eigenvalue weighted by Crippen LogP contribution is -3.00. The zero-order valence-corrected chi connectivity index (χ0v) is 8.21. The fraction of sp³-hybridized carbons (Fsp3) is 0.125. The average Bonchev–Trinajstić information content (AvgIpc) is 2.66. The van der Waals surface area contributed by atoms with Gasteiger partial charge in [-0.25, -0.2) is 9.38 Å². The molecule has 3 aromatic rings. The van der Waals surface area contributed by atoms with Gasteiger partial charge in [0.15, 0.2) is 5.52 Å². The van der Waals surface area contributed by atoms with Gasteiger partial charge in [0.1, 0.15) is 6.20 Å². The lowest BCUT2D eigenvalue weighted by atomic mass is 10.5. The van der Waals surface area contributed by atoms with Crippen molar-refractivity contribution in [1.82, 2.24) is 19.9 Å². The predicted octanol–water partition coefficient (Wildman–Crippen LogP) is -2.66. The topological polar surface area (TPSA) is 61.5 Å². The number of fused-ring (bicyclic) bond motifs is 3. The Morgan fingerprint density at radius 3 is 3.07 bits per heavy atom. The molecular formula is C8H8ClN5.